The number of rotatable bonds is 6. The van der Waals surface area contributed by atoms with Crippen LogP contribution in [0.4, 0.5) is 0 Å². The minimum atomic E-state index is -0.149. The van der Waals surface area contributed by atoms with Crippen molar-refractivity contribution in [2.24, 2.45) is 11.8 Å². The molecule has 0 N–H and O–H groups in total. The second kappa shape index (κ2) is 13.5. The van der Waals surface area contributed by atoms with Gasteiger partial charge in [-0.05, 0) is 56.6 Å². The Morgan fingerprint density at radius 2 is 1.78 bits per heavy atom. The van der Waals surface area contributed by atoms with Gasteiger partial charge in [-0.25, -0.2) is 0 Å². The standard InChI is InChI=1S/C29H43N3O4/c1-6-31-15-11-7-8-12-16-32(29(34)27-19-23(30-36-27)17-21(2)3)24(18-22(4)5)20-35-26-14-10-9-13-25(26)28(31)33/h9-10,13-14,19,21-22,24H,6-8,11-12,15-18,20H2,1-5H3/t24-/m0/s1. The molecule has 7 nitrogen and oxygen atoms in total. The lowest BCUT2D eigenvalue weighted by Crippen LogP contribution is -2.45. The molecule has 1 aliphatic heterocycles. The topological polar surface area (TPSA) is 75.9 Å². The van der Waals surface area contributed by atoms with Crippen molar-refractivity contribution >= 4 is 11.8 Å². The number of hydrogen-bond acceptors (Lipinski definition) is 5. The molecule has 0 unspecified atom stereocenters. The summed E-state index contributed by atoms with van der Waals surface area (Å²) in [5.41, 5.74) is 1.38. The number of carbonyl (C=O) groups is 2. The van der Waals surface area contributed by atoms with Crippen molar-refractivity contribution in [3.05, 3.63) is 47.3 Å². The fourth-order valence-electron chi connectivity index (χ4n) is 4.82. The molecule has 0 fully saturated rings. The van der Waals surface area contributed by atoms with E-state index in [1.54, 1.807) is 6.07 Å². The van der Waals surface area contributed by atoms with Gasteiger partial charge in [0, 0.05) is 25.7 Å². The van der Waals surface area contributed by atoms with Crippen LogP contribution in [0.15, 0.2) is 34.9 Å². The predicted octanol–water partition coefficient (Wildman–Crippen LogP) is 5.85. The Kier molecular flexibility index (Phi) is 10.4. The number of benzene rings is 1. The number of nitrogens with zero attached hydrogens (tertiary/aromatic N) is 3. The summed E-state index contributed by atoms with van der Waals surface area (Å²) in [6, 6.07) is 9.07. The first kappa shape index (κ1) is 27.8. The third kappa shape index (κ3) is 7.58. The van der Waals surface area contributed by atoms with Gasteiger partial charge in [-0.3, -0.25) is 9.59 Å². The summed E-state index contributed by atoms with van der Waals surface area (Å²) in [7, 11) is 0. The third-order valence-electron chi connectivity index (χ3n) is 6.63. The van der Waals surface area contributed by atoms with Crippen LogP contribution in [0.3, 0.4) is 0 Å². The van der Waals surface area contributed by atoms with Crippen molar-refractivity contribution in [2.45, 2.75) is 79.2 Å². The predicted molar refractivity (Wildman–Crippen MR) is 141 cm³/mol. The van der Waals surface area contributed by atoms with Gasteiger partial charge in [-0.15, -0.1) is 0 Å². The third-order valence-corrected chi connectivity index (χ3v) is 6.63. The zero-order valence-electron chi connectivity index (χ0n) is 22.7. The maximum absolute atomic E-state index is 13.7. The SMILES string of the molecule is CCN1CCCCCCN(C(=O)c2cc(CC(C)C)no2)[C@@H](CC(C)C)COc2ccccc2C1=O. The summed E-state index contributed by atoms with van der Waals surface area (Å²) < 4.78 is 11.8. The number of fused-ring (bicyclic) bond motifs is 1. The maximum Gasteiger partial charge on any atom is 0.292 e. The van der Waals surface area contributed by atoms with E-state index in [1.165, 1.54) is 0 Å². The molecule has 198 valence electrons. The van der Waals surface area contributed by atoms with Crippen LogP contribution in [0.5, 0.6) is 5.75 Å². The molecule has 2 amide bonds. The summed E-state index contributed by atoms with van der Waals surface area (Å²) in [5, 5.41) is 4.14. The van der Waals surface area contributed by atoms with E-state index in [9.17, 15) is 9.59 Å². The van der Waals surface area contributed by atoms with Crippen LogP contribution >= 0.6 is 0 Å². The summed E-state index contributed by atoms with van der Waals surface area (Å²) in [5.74, 6) is 1.51. The number of para-hydroxylation sites is 1. The van der Waals surface area contributed by atoms with E-state index < -0.39 is 0 Å². The van der Waals surface area contributed by atoms with Crippen LogP contribution in [-0.2, 0) is 6.42 Å². The van der Waals surface area contributed by atoms with Gasteiger partial charge in [-0.1, -0.05) is 57.8 Å². The van der Waals surface area contributed by atoms with Crippen molar-refractivity contribution < 1.29 is 18.8 Å². The van der Waals surface area contributed by atoms with Gasteiger partial charge >= 0.3 is 0 Å². The molecule has 2 heterocycles. The van der Waals surface area contributed by atoms with Gasteiger partial charge in [0.25, 0.3) is 11.8 Å². The minimum Gasteiger partial charge on any atom is -0.491 e. The van der Waals surface area contributed by atoms with E-state index in [4.69, 9.17) is 9.26 Å². The molecular formula is C29H43N3O4. The lowest BCUT2D eigenvalue weighted by Gasteiger charge is -2.33. The van der Waals surface area contributed by atoms with E-state index >= 15 is 0 Å². The van der Waals surface area contributed by atoms with Crippen LogP contribution < -0.4 is 4.74 Å². The van der Waals surface area contributed by atoms with Gasteiger partial charge < -0.3 is 19.1 Å². The first-order chi connectivity index (χ1) is 17.3. The average molecular weight is 498 g/mol. The molecule has 0 radical (unpaired) electrons. The Morgan fingerprint density at radius 1 is 1.06 bits per heavy atom. The molecule has 1 atom stereocenters. The van der Waals surface area contributed by atoms with Gasteiger partial charge in [0.15, 0.2) is 0 Å². The molecule has 36 heavy (non-hydrogen) atoms. The number of ether oxygens (including phenoxy) is 1. The zero-order chi connectivity index (χ0) is 26.1. The van der Waals surface area contributed by atoms with Crippen LogP contribution in [0.2, 0.25) is 0 Å². The molecule has 0 saturated heterocycles. The molecule has 3 rings (SSSR count). The Balaban J connectivity index is 1.90. The molecule has 7 heteroatoms. The maximum atomic E-state index is 13.7. The fourth-order valence-corrected chi connectivity index (χ4v) is 4.82. The zero-order valence-corrected chi connectivity index (χ0v) is 22.7. The summed E-state index contributed by atoms with van der Waals surface area (Å²) >= 11 is 0. The molecule has 1 aromatic heterocycles. The molecule has 1 aromatic carbocycles. The minimum absolute atomic E-state index is 0.00200. The lowest BCUT2D eigenvalue weighted by molar-refractivity contribution is 0.0527. The first-order valence-corrected chi connectivity index (χ1v) is 13.6. The highest BCUT2D eigenvalue weighted by atomic mass is 16.5. The first-order valence-electron chi connectivity index (χ1n) is 13.6. The van der Waals surface area contributed by atoms with Crippen LogP contribution in [-0.4, -0.2) is 59.1 Å². The number of amides is 2. The Morgan fingerprint density at radius 3 is 2.47 bits per heavy atom. The Bertz CT molecular complexity index is 984. The molecule has 0 saturated carbocycles. The second-order valence-corrected chi connectivity index (χ2v) is 10.7. The van der Waals surface area contributed by atoms with Crippen molar-refractivity contribution in [3.8, 4) is 5.75 Å². The van der Waals surface area contributed by atoms with Crippen LogP contribution in [0.25, 0.3) is 0 Å². The average Bonchev–Trinajstić information content (AvgIpc) is 3.30. The van der Waals surface area contributed by atoms with E-state index in [0.717, 1.165) is 50.8 Å². The highest BCUT2D eigenvalue weighted by molar-refractivity contribution is 5.97. The molecule has 0 bridgehead atoms. The van der Waals surface area contributed by atoms with Gasteiger partial charge in [0.05, 0.1) is 17.3 Å². The smallest absolute Gasteiger partial charge is 0.292 e. The normalized spacial score (nSPS) is 18.2. The number of carbonyl (C=O) groups excluding carboxylic acids is 2. The van der Waals surface area contributed by atoms with E-state index in [0.29, 0.717) is 42.8 Å². The largest absolute Gasteiger partial charge is 0.491 e. The number of aromatic nitrogens is 1. The van der Waals surface area contributed by atoms with Gasteiger partial charge in [0.1, 0.15) is 12.4 Å². The monoisotopic (exact) mass is 497 g/mol. The molecule has 0 aliphatic carbocycles. The fraction of sp³-hybridized carbons (Fsp3) is 0.621. The Hall–Kier alpha value is -2.83. The van der Waals surface area contributed by atoms with E-state index in [1.807, 2.05) is 41.0 Å². The van der Waals surface area contributed by atoms with Crippen molar-refractivity contribution in [1.29, 1.82) is 0 Å². The summed E-state index contributed by atoms with van der Waals surface area (Å²) in [4.78, 5) is 30.8. The van der Waals surface area contributed by atoms with Crippen molar-refractivity contribution in [1.82, 2.24) is 15.0 Å². The lowest BCUT2D eigenvalue weighted by atomic mass is 10.0. The Labute approximate surface area is 216 Å². The van der Waals surface area contributed by atoms with E-state index in [-0.39, 0.29) is 23.6 Å². The van der Waals surface area contributed by atoms with Gasteiger partial charge in [0.2, 0.25) is 5.76 Å². The molecule has 1 aliphatic rings. The summed E-state index contributed by atoms with van der Waals surface area (Å²) in [6.07, 6.45) is 5.40. The van der Waals surface area contributed by atoms with E-state index in [2.05, 4.69) is 32.9 Å². The highest BCUT2D eigenvalue weighted by Crippen LogP contribution is 2.24. The van der Waals surface area contributed by atoms with Crippen molar-refractivity contribution in [3.63, 3.8) is 0 Å². The molecule has 0 spiro atoms. The van der Waals surface area contributed by atoms with Gasteiger partial charge in [-0.2, -0.15) is 0 Å². The highest BCUT2D eigenvalue weighted by Gasteiger charge is 2.29. The van der Waals surface area contributed by atoms with Crippen LogP contribution in [0.1, 0.15) is 93.3 Å². The quantitative estimate of drug-likeness (QED) is 0.501. The summed E-state index contributed by atoms with van der Waals surface area (Å²) in [6.45, 7) is 12.9. The number of hydrogen-bond donors (Lipinski definition) is 0. The molecular weight excluding hydrogens is 454 g/mol. The second-order valence-electron chi connectivity index (χ2n) is 10.7. The van der Waals surface area contributed by atoms with Crippen LogP contribution in [0, 0.1) is 11.8 Å². The van der Waals surface area contributed by atoms with Crippen molar-refractivity contribution in [2.75, 3.05) is 26.2 Å². The molecule has 2 aromatic rings.